The van der Waals surface area contributed by atoms with Gasteiger partial charge < -0.3 is 15.4 Å². The van der Waals surface area contributed by atoms with E-state index in [1.165, 1.54) is 12.4 Å². The van der Waals surface area contributed by atoms with E-state index in [0.717, 1.165) is 30.6 Å². The molecule has 0 atom stereocenters. The molecule has 27 heavy (non-hydrogen) atoms. The van der Waals surface area contributed by atoms with Crippen LogP contribution in [0.5, 0.6) is 5.75 Å². The van der Waals surface area contributed by atoms with Gasteiger partial charge in [-0.05, 0) is 36.6 Å². The molecule has 0 radical (unpaired) electrons. The molecule has 2 aromatic rings. The van der Waals surface area contributed by atoms with Gasteiger partial charge in [-0.3, -0.25) is 14.6 Å². The number of nitrogens with one attached hydrogen (secondary N) is 2. The van der Waals surface area contributed by atoms with Gasteiger partial charge in [-0.15, -0.1) is 0 Å². The number of carbonyl (C=O) groups excluding carboxylic acids is 2. The summed E-state index contributed by atoms with van der Waals surface area (Å²) in [6.45, 7) is 3.23. The summed E-state index contributed by atoms with van der Waals surface area (Å²) in [7, 11) is 1.63. The molecule has 0 aliphatic heterocycles. The van der Waals surface area contributed by atoms with Gasteiger partial charge in [0.15, 0.2) is 0 Å². The third-order valence-corrected chi connectivity index (χ3v) is 4.16. The average molecular weight is 369 g/mol. The van der Waals surface area contributed by atoms with Crippen LogP contribution in [0.1, 0.15) is 52.5 Å². The Bertz CT molecular complexity index is 762. The minimum Gasteiger partial charge on any atom is -0.497 e. The van der Waals surface area contributed by atoms with Crippen LogP contribution >= 0.6 is 0 Å². The van der Waals surface area contributed by atoms with Gasteiger partial charge >= 0.3 is 0 Å². The number of amides is 2. The second-order valence-electron chi connectivity index (χ2n) is 6.28. The third-order valence-electron chi connectivity index (χ3n) is 4.16. The van der Waals surface area contributed by atoms with E-state index in [1.807, 2.05) is 24.3 Å². The van der Waals surface area contributed by atoms with Gasteiger partial charge in [0, 0.05) is 25.5 Å². The number of rotatable bonds is 10. The molecule has 1 heterocycles. The molecule has 0 saturated heterocycles. The van der Waals surface area contributed by atoms with Gasteiger partial charge in [0.1, 0.15) is 5.75 Å². The molecule has 0 saturated carbocycles. The molecule has 1 aromatic carbocycles. The molecule has 6 heteroatoms. The number of unbranched alkanes of at least 4 members (excludes halogenated alkanes) is 2. The predicted molar refractivity (Wildman–Crippen MR) is 105 cm³/mol. The van der Waals surface area contributed by atoms with Crippen molar-refractivity contribution in [2.75, 3.05) is 20.2 Å². The van der Waals surface area contributed by atoms with Crippen molar-refractivity contribution >= 4 is 11.8 Å². The first-order chi connectivity index (χ1) is 13.1. The first kappa shape index (κ1) is 20.4. The van der Waals surface area contributed by atoms with Crippen molar-refractivity contribution in [2.24, 2.45) is 0 Å². The monoisotopic (exact) mass is 369 g/mol. The van der Waals surface area contributed by atoms with E-state index in [0.29, 0.717) is 30.6 Å². The number of hydrogen-bond donors (Lipinski definition) is 2. The fourth-order valence-corrected chi connectivity index (χ4v) is 2.62. The fourth-order valence-electron chi connectivity index (χ4n) is 2.62. The van der Waals surface area contributed by atoms with E-state index in [4.69, 9.17) is 4.74 Å². The molecule has 0 fully saturated rings. The Morgan fingerprint density at radius 2 is 1.70 bits per heavy atom. The largest absolute Gasteiger partial charge is 0.497 e. The predicted octanol–water partition coefficient (Wildman–Crippen LogP) is 2.98. The summed E-state index contributed by atoms with van der Waals surface area (Å²) >= 11 is 0. The Morgan fingerprint density at radius 3 is 2.37 bits per heavy atom. The van der Waals surface area contributed by atoms with Crippen molar-refractivity contribution in [1.82, 2.24) is 15.6 Å². The first-order valence-corrected chi connectivity index (χ1v) is 9.28. The normalized spacial score (nSPS) is 10.3. The number of methoxy groups -OCH3 is 1. The van der Waals surface area contributed by atoms with E-state index in [1.54, 1.807) is 13.2 Å². The molecule has 1 aromatic heterocycles. The third kappa shape index (κ3) is 6.73. The van der Waals surface area contributed by atoms with Crippen molar-refractivity contribution in [3.8, 4) is 5.75 Å². The molecule has 144 valence electrons. The highest BCUT2D eigenvalue weighted by Crippen LogP contribution is 2.12. The SMILES string of the molecule is CCCCCNC(=O)c1cncc(C(=O)NCCc2cccc(OC)c2)c1. The number of benzene rings is 1. The first-order valence-electron chi connectivity index (χ1n) is 9.28. The van der Waals surface area contributed by atoms with E-state index in [-0.39, 0.29) is 11.8 Å². The Labute approximate surface area is 160 Å². The van der Waals surface area contributed by atoms with Gasteiger partial charge in [-0.25, -0.2) is 0 Å². The smallest absolute Gasteiger partial charge is 0.252 e. The van der Waals surface area contributed by atoms with Crippen molar-refractivity contribution < 1.29 is 14.3 Å². The zero-order valence-corrected chi connectivity index (χ0v) is 16.0. The number of hydrogen-bond acceptors (Lipinski definition) is 4. The Morgan fingerprint density at radius 1 is 1.00 bits per heavy atom. The Kier molecular flexibility index (Phi) is 8.29. The highest BCUT2D eigenvalue weighted by atomic mass is 16.5. The molecule has 0 aliphatic rings. The summed E-state index contributed by atoms with van der Waals surface area (Å²) in [4.78, 5) is 28.5. The fraction of sp³-hybridized carbons (Fsp3) is 0.381. The average Bonchev–Trinajstić information content (AvgIpc) is 2.71. The highest BCUT2D eigenvalue weighted by Gasteiger charge is 2.11. The summed E-state index contributed by atoms with van der Waals surface area (Å²) in [5, 5.41) is 5.71. The summed E-state index contributed by atoms with van der Waals surface area (Å²) in [5.74, 6) is 0.344. The van der Waals surface area contributed by atoms with Crippen LogP contribution in [0.25, 0.3) is 0 Å². The van der Waals surface area contributed by atoms with Gasteiger partial charge in [0.2, 0.25) is 0 Å². The molecule has 0 unspecified atom stereocenters. The number of carbonyl (C=O) groups is 2. The second-order valence-corrected chi connectivity index (χ2v) is 6.28. The highest BCUT2D eigenvalue weighted by molar-refractivity contribution is 5.99. The topological polar surface area (TPSA) is 80.3 Å². The number of ether oxygens (including phenoxy) is 1. The molecular weight excluding hydrogens is 342 g/mol. The van der Waals surface area contributed by atoms with E-state index in [2.05, 4.69) is 22.5 Å². The Balaban J connectivity index is 1.86. The lowest BCUT2D eigenvalue weighted by Crippen LogP contribution is -2.27. The summed E-state index contributed by atoms with van der Waals surface area (Å²) in [5.41, 5.74) is 1.85. The summed E-state index contributed by atoms with van der Waals surface area (Å²) < 4.78 is 5.20. The minimum atomic E-state index is -0.244. The molecule has 2 rings (SSSR count). The summed E-state index contributed by atoms with van der Waals surface area (Å²) in [6.07, 6.45) is 6.75. The maximum atomic E-state index is 12.3. The van der Waals surface area contributed by atoms with E-state index >= 15 is 0 Å². The molecule has 2 amide bonds. The van der Waals surface area contributed by atoms with Crippen molar-refractivity contribution in [1.29, 1.82) is 0 Å². The quantitative estimate of drug-likeness (QED) is 0.631. The Hall–Kier alpha value is -2.89. The minimum absolute atomic E-state index is 0.204. The zero-order valence-electron chi connectivity index (χ0n) is 16.0. The van der Waals surface area contributed by atoms with Gasteiger partial charge in [0.25, 0.3) is 11.8 Å². The maximum absolute atomic E-state index is 12.3. The van der Waals surface area contributed by atoms with Crippen LogP contribution < -0.4 is 15.4 Å². The standard InChI is InChI=1S/C21H27N3O3/c1-3-4-5-10-23-20(25)17-13-18(15-22-14-17)21(26)24-11-9-16-7-6-8-19(12-16)27-2/h6-8,12-15H,3-5,9-11H2,1-2H3,(H,23,25)(H,24,26). The van der Waals surface area contributed by atoms with Gasteiger partial charge in [0.05, 0.1) is 18.2 Å². The van der Waals surface area contributed by atoms with Crippen molar-refractivity contribution in [3.63, 3.8) is 0 Å². The van der Waals surface area contributed by atoms with Crippen LogP contribution in [0.4, 0.5) is 0 Å². The molecule has 2 N–H and O–H groups in total. The maximum Gasteiger partial charge on any atom is 0.252 e. The van der Waals surface area contributed by atoms with Crippen molar-refractivity contribution in [2.45, 2.75) is 32.6 Å². The lowest BCUT2D eigenvalue weighted by molar-refractivity contribution is 0.0952. The number of aromatic nitrogens is 1. The van der Waals surface area contributed by atoms with Gasteiger partial charge in [-0.2, -0.15) is 0 Å². The molecule has 6 nitrogen and oxygen atoms in total. The number of nitrogens with zero attached hydrogens (tertiary/aromatic N) is 1. The van der Waals surface area contributed by atoms with Crippen LogP contribution in [0.3, 0.4) is 0 Å². The molecule has 0 bridgehead atoms. The van der Waals surface area contributed by atoms with Crippen LogP contribution in [0.15, 0.2) is 42.7 Å². The van der Waals surface area contributed by atoms with E-state index < -0.39 is 0 Å². The van der Waals surface area contributed by atoms with Crippen molar-refractivity contribution in [3.05, 3.63) is 59.4 Å². The van der Waals surface area contributed by atoms with E-state index in [9.17, 15) is 9.59 Å². The summed E-state index contributed by atoms with van der Waals surface area (Å²) in [6, 6.07) is 9.30. The number of pyridine rings is 1. The molecule has 0 aliphatic carbocycles. The molecule has 0 spiro atoms. The lowest BCUT2D eigenvalue weighted by atomic mass is 10.1. The lowest BCUT2D eigenvalue weighted by Gasteiger charge is -2.08. The van der Waals surface area contributed by atoms with Crippen LogP contribution in [0, 0.1) is 0 Å². The van der Waals surface area contributed by atoms with Crippen LogP contribution in [-0.4, -0.2) is 37.0 Å². The zero-order chi connectivity index (χ0) is 19.5. The second kappa shape index (κ2) is 11.0. The molecular formula is C21H27N3O3. The van der Waals surface area contributed by atoms with Crippen LogP contribution in [-0.2, 0) is 6.42 Å². The van der Waals surface area contributed by atoms with Crippen LogP contribution in [0.2, 0.25) is 0 Å². The van der Waals surface area contributed by atoms with Gasteiger partial charge in [-0.1, -0.05) is 31.9 Å².